The highest BCUT2D eigenvalue weighted by atomic mass is 16.4. The van der Waals surface area contributed by atoms with Crippen molar-refractivity contribution in [2.24, 2.45) is 5.73 Å². The summed E-state index contributed by atoms with van der Waals surface area (Å²) in [5.74, 6) is -0.972. The van der Waals surface area contributed by atoms with Crippen LogP contribution < -0.4 is 5.73 Å². The molecule has 0 saturated carbocycles. The van der Waals surface area contributed by atoms with Gasteiger partial charge < -0.3 is 15.4 Å². The van der Waals surface area contributed by atoms with Crippen LogP contribution in [0.1, 0.15) is 11.1 Å². The lowest BCUT2D eigenvalue weighted by Crippen LogP contribution is -2.32. The molecular weight excluding hydrogens is 276 g/mol. The van der Waals surface area contributed by atoms with E-state index in [2.05, 4.69) is 16.7 Å². The molecule has 4 heteroatoms. The highest BCUT2D eigenvalue weighted by molar-refractivity contribution is 5.85. The van der Waals surface area contributed by atoms with E-state index in [-0.39, 0.29) is 0 Å². The van der Waals surface area contributed by atoms with Crippen LogP contribution in [0.2, 0.25) is 0 Å². The topological polar surface area (TPSA) is 68.2 Å². The Balaban J connectivity index is 1.99. The second-order valence-electron chi connectivity index (χ2n) is 5.43. The quantitative estimate of drug-likeness (QED) is 0.760. The number of para-hydroxylation sites is 1. The molecular formula is C18H18N2O2. The second kappa shape index (κ2) is 6.03. The number of hydrogen-bond donors (Lipinski definition) is 2. The summed E-state index contributed by atoms with van der Waals surface area (Å²) >= 11 is 0. The molecule has 3 aromatic rings. The summed E-state index contributed by atoms with van der Waals surface area (Å²) in [7, 11) is 0. The predicted molar refractivity (Wildman–Crippen MR) is 86.8 cm³/mol. The maximum Gasteiger partial charge on any atom is 0.320 e. The number of benzene rings is 2. The van der Waals surface area contributed by atoms with E-state index in [0.29, 0.717) is 6.42 Å². The molecule has 112 valence electrons. The van der Waals surface area contributed by atoms with Gasteiger partial charge in [-0.15, -0.1) is 0 Å². The molecule has 0 aliphatic carbocycles. The second-order valence-corrected chi connectivity index (χ2v) is 5.43. The monoisotopic (exact) mass is 294 g/mol. The van der Waals surface area contributed by atoms with Crippen molar-refractivity contribution in [1.29, 1.82) is 0 Å². The van der Waals surface area contributed by atoms with Crippen LogP contribution >= 0.6 is 0 Å². The average Bonchev–Trinajstić information content (AvgIpc) is 2.86. The lowest BCUT2D eigenvalue weighted by Gasteiger charge is -2.05. The fourth-order valence-corrected chi connectivity index (χ4v) is 2.72. The first-order valence-corrected chi connectivity index (χ1v) is 7.24. The van der Waals surface area contributed by atoms with Crippen LogP contribution in [0.5, 0.6) is 0 Å². The molecule has 0 bridgehead atoms. The Kier molecular flexibility index (Phi) is 3.94. The van der Waals surface area contributed by atoms with E-state index in [4.69, 9.17) is 10.8 Å². The van der Waals surface area contributed by atoms with Crippen molar-refractivity contribution in [2.45, 2.75) is 19.0 Å². The number of rotatable bonds is 5. The molecule has 0 aliphatic rings. The van der Waals surface area contributed by atoms with Gasteiger partial charge in [0, 0.05) is 30.1 Å². The van der Waals surface area contributed by atoms with Gasteiger partial charge in [0.1, 0.15) is 6.04 Å². The zero-order valence-corrected chi connectivity index (χ0v) is 12.1. The van der Waals surface area contributed by atoms with E-state index in [1.165, 1.54) is 5.56 Å². The third kappa shape index (κ3) is 2.87. The van der Waals surface area contributed by atoms with Gasteiger partial charge in [0.05, 0.1) is 0 Å². The minimum Gasteiger partial charge on any atom is -0.480 e. The molecule has 4 nitrogen and oxygen atoms in total. The minimum absolute atomic E-state index is 0.331. The number of carboxylic acids is 1. The molecule has 0 radical (unpaired) electrons. The number of aromatic nitrogens is 1. The van der Waals surface area contributed by atoms with Crippen molar-refractivity contribution in [2.75, 3.05) is 0 Å². The summed E-state index contributed by atoms with van der Waals surface area (Å²) < 4.78 is 2.15. The van der Waals surface area contributed by atoms with Gasteiger partial charge in [-0.2, -0.15) is 0 Å². The van der Waals surface area contributed by atoms with Crippen molar-refractivity contribution in [3.05, 3.63) is 71.9 Å². The first-order valence-electron chi connectivity index (χ1n) is 7.24. The molecule has 1 aromatic heterocycles. The highest BCUT2D eigenvalue weighted by Crippen LogP contribution is 2.23. The SMILES string of the molecule is NC(Cc1cn(Cc2ccccc2)c2ccccc12)C(=O)O. The van der Waals surface area contributed by atoms with Gasteiger partial charge in [-0.25, -0.2) is 0 Å². The van der Waals surface area contributed by atoms with E-state index in [9.17, 15) is 4.79 Å². The number of carboxylic acid groups (broad SMARTS) is 1. The molecule has 1 heterocycles. The predicted octanol–water partition coefficient (Wildman–Crippen LogP) is 2.64. The number of nitrogens with zero attached hydrogens (tertiary/aromatic N) is 1. The number of aliphatic carboxylic acids is 1. The summed E-state index contributed by atoms with van der Waals surface area (Å²) in [6, 6.07) is 17.3. The van der Waals surface area contributed by atoms with Gasteiger partial charge in [-0.1, -0.05) is 48.5 Å². The zero-order chi connectivity index (χ0) is 15.5. The van der Waals surface area contributed by atoms with Gasteiger partial charge in [-0.05, 0) is 17.2 Å². The van der Waals surface area contributed by atoms with E-state index in [1.54, 1.807) is 0 Å². The third-order valence-corrected chi connectivity index (χ3v) is 3.82. The largest absolute Gasteiger partial charge is 0.480 e. The summed E-state index contributed by atoms with van der Waals surface area (Å²) in [5, 5.41) is 10.1. The number of nitrogens with two attached hydrogens (primary N) is 1. The first-order chi connectivity index (χ1) is 10.6. The third-order valence-electron chi connectivity index (χ3n) is 3.82. The number of carbonyl (C=O) groups is 1. The molecule has 1 atom stereocenters. The van der Waals surface area contributed by atoms with E-state index < -0.39 is 12.0 Å². The van der Waals surface area contributed by atoms with Gasteiger partial charge in [0.15, 0.2) is 0 Å². The number of hydrogen-bond acceptors (Lipinski definition) is 2. The van der Waals surface area contributed by atoms with Crippen LogP contribution in [0.25, 0.3) is 10.9 Å². The molecule has 0 amide bonds. The fourth-order valence-electron chi connectivity index (χ4n) is 2.72. The number of fused-ring (bicyclic) bond motifs is 1. The van der Waals surface area contributed by atoms with Gasteiger partial charge in [0.25, 0.3) is 0 Å². The van der Waals surface area contributed by atoms with Crippen molar-refractivity contribution in [3.63, 3.8) is 0 Å². The highest BCUT2D eigenvalue weighted by Gasteiger charge is 2.16. The molecule has 0 spiro atoms. The van der Waals surface area contributed by atoms with Crippen LogP contribution in [0, 0.1) is 0 Å². The lowest BCUT2D eigenvalue weighted by atomic mass is 10.1. The molecule has 3 N–H and O–H groups in total. The molecule has 2 aromatic carbocycles. The molecule has 0 saturated heterocycles. The van der Waals surface area contributed by atoms with Crippen LogP contribution in [-0.4, -0.2) is 21.7 Å². The summed E-state index contributed by atoms with van der Waals surface area (Å²) in [5.41, 5.74) is 8.97. The van der Waals surface area contributed by atoms with Crippen molar-refractivity contribution < 1.29 is 9.90 Å². The minimum atomic E-state index is -0.972. The molecule has 0 aliphatic heterocycles. The lowest BCUT2D eigenvalue weighted by molar-refractivity contribution is -0.138. The smallest absolute Gasteiger partial charge is 0.320 e. The van der Waals surface area contributed by atoms with E-state index >= 15 is 0 Å². The maximum atomic E-state index is 11.0. The van der Waals surface area contributed by atoms with Crippen LogP contribution in [0.15, 0.2) is 60.8 Å². The van der Waals surface area contributed by atoms with Crippen LogP contribution in [0.4, 0.5) is 0 Å². The Morgan fingerprint density at radius 1 is 1.09 bits per heavy atom. The van der Waals surface area contributed by atoms with Crippen molar-refractivity contribution in [1.82, 2.24) is 4.57 Å². The Morgan fingerprint density at radius 3 is 2.50 bits per heavy atom. The van der Waals surface area contributed by atoms with E-state index in [1.807, 2.05) is 48.7 Å². The van der Waals surface area contributed by atoms with Gasteiger partial charge in [0.2, 0.25) is 0 Å². The van der Waals surface area contributed by atoms with Crippen LogP contribution in [-0.2, 0) is 17.8 Å². The van der Waals surface area contributed by atoms with Crippen LogP contribution in [0.3, 0.4) is 0 Å². The molecule has 3 rings (SSSR count). The Bertz CT molecular complexity index is 793. The Morgan fingerprint density at radius 2 is 1.77 bits per heavy atom. The van der Waals surface area contributed by atoms with Gasteiger partial charge in [-0.3, -0.25) is 4.79 Å². The van der Waals surface area contributed by atoms with Crippen molar-refractivity contribution in [3.8, 4) is 0 Å². The molecule has 1 unspecified atom stereocenters. The maximum absolute atomic E-state index is 11.0. The fraction of sp³-hybridized carbons (Fsp3) is 0.167. The average molecular weight is 294 g/mol. The first kappa shape index (κ1) is 14.4. The standard InChI is InChI=1S/C18H18N2O2/c19-16(18(21)22)10-14-12-20(11-13-6-2-1-3-7-13)17-9-5-4-8-15(14)17/h1-9,12,16H,10-11,19H2,(H,21,22). The summed E-state index contributed by atoms with van der Waals surface area (Å²) in [6.07, 6.45) is 2.35. The molecule has 0 fully saturated rings. The normalized spacial score (nSPS) is 12.4. The van der Waals surface area contributed by atoms with Crippen molar-refractivity contribution >= 4 is 16.9 Å². The Labute approximate surface area is 128 Å². The van der Waals surface area contributed by atoms with E-state index in [0.717, 1.165) is 23.0 Å². The summed E-state index contributed by atoms with van der Waals surface area (Å²) in [4.78, 5) is 11.0. The molecule has 22 heavy (non-hydrogen) atoms. The Hall–Kier alpha value is -2.59. The van der Waals surface area contributed by atoms with Gasteiger partial charge >= 0.3 is 5.97 Å². The summed E-state index contributed by atoms with van der Waals surface area (Å²) in [6.45, 7) is 0.754. The zero-order valence-electron chi connectivity index (χ0n) is 12.1.